The number of halogens is 1. The topological polar surface area (TPSA) is 87.3 Å². The Hall–Kier alpha value is -1.56. The number of carbonyl (C=O) groups is 1. The molecular formula is C8H10ClN3O3. The fraction of sp³-hybridized carbons (Fsp3) is 0.375. The minimum absolute atomic E-state index is 0.0655. The summed E-state index contributed by atoms with van der Waals surface area (Å²) in [5.41, 5.74) is 4.76. The van der Waals surface area contributed by atoms with E-state index < -0.39 is 6.09 Å². The normalized spacial score (nSPS) is 9.73. The number of rotatable bonds is 4. The lowest BCUT2D eigenvalue weighted by molar-refractivity contribution is 0.132. The van der Waals surface area contributed by atoms with Crippen LogP contribution in [0, 0.1) is 6.92 Å². The Morgan fingerprint density at radius 2 is 2.27 bits per heavy atom. The van der Waals surface area contributed by atoms with Crippen LogP contribution in [0.5, 0.6) is 5.88 Å². The van der Waals surface area contributed by atoms with Gasteiger partial charge in [-0.3, -0.25) is 0 Å². The summed E-state index contributed by atoms with van der Waals surface area (Å²) in [6.07, 6.45) is -0.837. The molecule has 0 spiro atoms. The highest BCUT2D eigenvalue weighted by Gasteiger charge is 2.01. The molecule has 1 rings (SSSR count). The summed E-state index contributed by atoms with van der Waals surface area (Å²) in [4.78, 5) is 18.0. The summed E-state index contributed by atoms with van der Waals surface area (Å²) < 4.78 is 9.61. The van der Waals surface area contributed by atoms with E-state index in [9.17, 15) is 4.79 Å². The Balaban J connectivity index is 2.40. The summed E-state index contributed by atoms with van der Waals surface area (Å²) >= 11 is 5.68. The number of hydrogen-bond donors (Lipinski definition) is 1. The number of nitrogens with two attached hydrogens (primary N) is 1. The van der Waals surface area contributed by atoms with E-state index in [1.165, 1.54) is 6.07 Å². The van der Waals surface area contributed by atoms with Gasteiger partial charge in [0.05, 0.1) is 0 Å². The first kappa shape index (κ1) is 11.5. The fourth-order valence-electron chi connectivity index (χ4n) is 0.868. The molecule has 7 heteroatoms. The van der Waals surface area contributed by atoms with Gasteiger partial charge >= 0.3 is 6.09 Å². The zero-order valence-corrected chi connectivity index (χ0v) is 8.82. The van der Waals surface area contributed by atoms with Crippen LogP contribution in [0.1, 0.15) is 5.82 Å². The van der Waals surface area contributed by atoms with Crippen LogP contribution in [0.2, 0.25) is 5.15 Å². The maximum atomic E-state index is 10.2. The van der Waals surface area contributed by atoms with Gasteiger partial charge in [0.1, 0.15) is 24.2 Å². The van der Waals surface area contributed by atoms with Crippen molar-refractivity contribution >= 4 is 17.7 Å². The van der Waals surface area contributed by atoms with Crippen LogP contribution in [0.4, 0.5) is 4.79 Å². The van der Waals surface area contributed by atoms with E-state index >= 15 is 0 Å². The molecule has 0 fully saturated rings. The van der Waals surface area contributed by atoms with Crippen LogP contribution in [0.25, 0.3) is 0 Å². The maximum absolute atomic E-state index is 10.2. The van der Waals surface area contributed by atoms with Crippen LogP contribution in [-0.2, 0) is 4.74 Å². The van der Waals surface area contributed by atoms with E-state index in [0.717, 1.165) is 0 Å². The summed E-state index contributed by atoms with van der Waals surface area (Å²) in [6.45, 7) is 1.92. The zero-order chi connectivity index (χ0) is 11.3. The van der Waals surface area contributed by atoms with E-state index in [-0.39, 0.29) is 13.2 Å². The monoisotopic (exact) mass is 231 g/mol. The van der Waals surface area contributed by atoms with Crippen molar-refractivity contribution in [2.24, 2.45) is 5.73 Å². The molecule has 0 saturated carbocycles. The molecule has 0 aliphatic rings. The average Bonchev–Trinajstić information content (AvgIpc) is 2.10. The predicted molar refractivity (Wildman–Crippen MR) is 52.8 cm³/mol. The van der Waals surface area contributed by atoms with E-state index in [1.54, 1.807) is 6.92 Å². The molecule has 82 valence electrons. The molecule has 1 aromatic heterocycles. The van der Waals surface area contributed by atoms with Crippen molar-refractivity contribution in [2.75, 3.05) is 13.2 Å². The number of hydrogen-bond acceptors (Lipinski definition) is 5. The average molecular weight is 232 g/mol. The van der Waals surface area contributed by atoms with Crippen molar-refractivity contribution in [1.82, 2.24) is 9.97 Å². The van der Waals surface area contributed by atoms with Crippen LogP contribution in [0.15, 0.2) is 6.07 Å². The van der Waals surface area contributed by atoms with Gasteiger partial charge in [-0.1, -0.05) is 11.6 Å². The summed E-state index contributed by atoms with van der Waals surface area (Å²) in [6, 6.07) is 1.47. The molecule has 0 saturated heterocycles. The van der Waals surface area contributed by atoms with Gasteiger partial charge in [0.15, 0.2) is 0 Å². The van der Waals surface area contributed by atoms with E-state index in [4.69, 9.17) is 22.1 Å². The second-order valence-electron chi connectivity index (χ2n) is 2.59. The van der Waals surface area contributed by atoms with Crippen molar-refractivity contribution in [3.05, 3.63) is 17.0 Å². The van der Waals surface area contributed by atoms with Crippen molar-refractivity contribution in [3.8, 4) is 5.88 Å². The van der Waals surface area contributed by atoms with Gasteiger partial charge in [-0.15, -0.1) is 0 Å². The Bertz CT molecular complexity index is 339. The Kier molecular flexibility index (Phi) is 4.11. The van der Waals surface area contributed by atoms with Gasteiger partial charge in [0.25, 0.3) is 0 Å². The van der Waals surface area contributed by atoms with E-state index in [0.29, 0.717) is 16.9 Å². The van der Waals surface area contributed by atoms with E-state index in [2.05, 4.69) is 14.7 Å². The number of primary amides is 1. The number of carbonyl (C=O) groups excluding carboxylic acids is 1. The molecule has 0 aliphatic carbocycles. The molecule has 15 heavy (non-hydrogen) atoms. The van der Waals surface area contributed by atoms with Crippen LogP contribution >= 0.6 is 11.6 Å². The van der Waals surface area contributed by atoms with Gasteiger partial charge in [-0.05, 0) is 6.92 Å². The molecule has 0 radical (unpaired) electrons. The van der Waals surface area contributed by atoms with Crippen LogP contribution in [-0.4, -0.2) is 29.3 Å². The SMILES string of the molecule is Cc1nc(Cl)cc(OCCOC(N)=O)n1. The number of nitrogens with zero attached hydrogens (tertiary/aromatic N) is 2. The minimum atomic E-state index is -0.837. The molecular weight excluding hydrogens is 222 g/mol. The summed E-state index contributed by atoms with van der Waals surface area (Å²) in [7, 11) is 0. The van der Waals surface area contributed by atoms with Crippen LogP contribution in [0.3, 0.4) is 0 Å². The second-order valence-corrected chi connectivity index (χ2v) is 2.98. The highest BCUT2D eigenvalue weighted by atomic mass is 35.5. The van der Waals surface area contributed by atoms with Crippen molar-refractivity contribution in [3.63, 3.8) is 0 Å². The molecule has 0 bridgehead atoms. The summed E-state index contributed by atoms with van der Waals surface area (Å²) in [5.74, 6) is 0.842. The molecule has 1 aromatic rings. The van der Waals surface area contributed by atoms with Gasteiger partial charge < -0.3 is 15.2 Å². The Morgan fingerprint density at radius 3 is 2.87 bits per heavy atom. The first-order valence-electron chi connectivity index (χ1n) is 4.14. The van der Waals surface area contributed by atoms with Crippen molar-refractivity contribution in [1.29, 1.82) is 0 Å². The van der Waals surface area contributed by atoms with E-state index in [1.807, 2.05) is 0 Å². The maximum Gasteiger partial charge on any atom is 0.404 e. The summed E-state index contributed by atoms with van der Waals surface area (Å²) in [5, 5.41) is 0.299. The predicted octanol–water partition coefficient (Wildman–Crippen LogP) is 0.913. The number of ether oxygens (including phenoxy) is 2. The molecule has 0 aromatic carbocycles. The fourth-order valence-corrected chi connectivity index (χ4v) is 1.08. The second kappa shape index (κ2) is 5.35. The highest BCUT2D eigenvalue weighted by molar-refractivity contribution is 6.29. The number of amides is 1. The van der Waals surface area contributed by atoms with Crippen molar-refractivity contribution in [2.45, 2.75) is 6.92 Å². The quantitative estimate of drug-likeness (QED) is 0.615. The van der Waals surface area contributed by atoms with Gasteiger partial charge in [-0.25, -0.2) is 9.78 Å². The first-order chi connectivity index (χ1) is 7.08. The molecule has 1 amide bonds. The minimum Gasteiger partial charge on any atom is -0.474 e. The standard InChI is InChI=1S/C8H10ClN3O3/c1-5-11-6(9)4-7(12-5)14-2-3-15-8(10)13/h4H,2-3H2,1H3,(H2,10,13). The smallest absolute Gasteiger partial charge is 0.404 e. The molecule has 0 aliphatic heterocycles. The highest BCUT2D eigenvalue weighted by Crippen LogP contribution is 2.12. The zero-order valence-electron chi connectivity index (χ0n) is 8.07. The lowest BCUT2D eigenvalue weighted by Gasteiger charge is -2.05. The molecule has 6 nitrogen and oxygen atoms in total. The largest absolute Gasteiger partial charge is 0.474 e. The molecule has 0 atom stereocenters. The van der Waals surface area contributed by atoms with Gasteiger partial charge in [0, 0.05) is 6.07 Å². The number of aryl methyl sites for hydroxylation is 1. The third-order valence-electron chi connectivity index (χ3n) is 1.36. The first-order valence-corrected chi connectivity index (χ1v) is 4.52. The lowest BCUT2D eigenvalue weighted by Crippen LogP contribution is -2.17. The number of aromatic nitrogens is 2. The van der Waals surface area contributed by atoms with Crippen molar-refractivity contribution < 1.29 is 14.3 Å². The van der Waals surface area contributed by atoms with Gasteiger partial charge in [-0.2, -0.15) is 4.98 Å². The third-order valence-corrected chi connectivity index (χ3v) is 1.55. The molecule has 0 unspecified atom stereocenters. The van der Waals surface area contributed by atoms with Crippen LogP contribution < -0.4 is 10.5 Å². The Morgan fingerprint density at radius 1 is 1.53 bits per heavy atom. The lowest BCUT2D eigenvalue weighted by atomic mass is 10.6. The van der Waals surface area contributed by atoms with Gasteiger partial charge in [0.2, 0.25) is 5.88 Å². The Labute approximate surface area is 91.4 Å². The third kappa shape index (κ3) is 4.46. The molecule has 1 heterocycles. The molecule has 2 N–H and O–H groups in total.